The van der Waals surface area contributed by atoms with Crippen molar-refractivity contribution >= 4 is 15.7 Å². The summed E-state index contributed by atoms with van der Waals surface area (Å²) < 4.78 is 34.2. The first-order valence-electron chi connectivity index (χ1n) is 10.4. The number of nitrogens with zero attached hydrogens (tertiary/aromatic N) is 3. The average molecular weight is 448 g/mol. The minimum atomic E-state index is -3.97. The van der Waals surface area contributed by atoms with E-state index in [1.807, 2.05) is 19.9 Å². The molecule has 1 aliphatic heterocycles. The summed E-state index contributed by atoms with van der Waals surface area (Å²) in [6.07, 6.45) is 0.992. The van der Waals surface area contributed by atoms with Crippen molar-refractivity contribution in [3.05, 3.63) is 57.6 Å². The Kier molecular flexibility index (Phi) is 6.98. The second kappa shape index (κ2) is 9.33. The van der Waals surface area contributed by atoms with E-state index in [9.17, 15) is 18.5 Å². The van der Waals surface area contributed by atoms with Gasteiger partial charge in [-0.3, -0.25) is 15.0 Å². The van der Waals surface area contributed by atoms with Crippen LogP contribution in [0.15, 0.2) is 41.3 Å². The zero-order valence-electron chi connectivity index (χ0n) is 18.4. The van der Waals surface area contributed by atoms with E-state index in [2.05, 4.69) is 18.7 Å². The number of hydrogen-bond donors (Lipinski definition) is 0. The molecule has 1 atom stereocenters. The Morgan fingerprint density at radius 2 is 1.68 bits per heavy atom. The highest BCUT2D eigenvalue weighted by molar-refractivity contribution is 7.89. The number of rotatable bonds is 7. The lowest BCUT2D eigenvalue weighted by atomic mass is 10.1. The van der Waals surface area contributed by atoms with Gasteiger partial charge in [0.2, 0.25) is 10.0 Å². The molecule has 168 valence electrons. The van der Waals surface area contributed by atoms with E-state index in [0.29, 0.717) is 38.0 Å². The number of nitro benzene ring substituents is 1. The molecule has 1 unspecified atom stereocenters. The third-order valence-corrected chi connectivity index (χ3v) is 7.59. The number of hydrogen-bond acceptors (Lipinski definition) is 6. The fourth-order valence-electron chi connectivity index (χ4n) is 3.80. The largest absolute Gasteiger partial charge is 0.456 e. The van der Waals surface area contributed by atoms with E-state index >= 15 is 0 Å². The van der Waals surface area contributed by atoms with Gasteiger partial charge in [-0.2, -0.15) is 4.31 Å². The van der Waals surface area contributed by atoms with Gasteiger partial charge in [-0.25, -0.2) is 8.42 Å². The van der Waals surface area contributed by atoms with Gasteiger partial charge in [-0.15, -0.1) is 0 Å². The standard InChI is InChI=1S/C22H29N3O5S/c1-5-18(4)23-8-10-24(11-9-23)31(28,29)22-15-19(25(26)27)6-7-21(22)30-20-13-16(2)12-17(3)14-20/h6-7,12-15,18H,5,8-11H2,1-4H3. The number of sulfonamides is 1. The summed E-state index contributed by atoms with van der Waals surface area (Å²) >= 11 is 0. The molecular weight excluding hydrogens is 418 g/mol. The molecule has 1 aliphatic rings. The lowest BCUT2D eigenvalue weighted by Gasteiger charge is -2.37. The predicted molar refractivity (Wildman–Crippen MR) is 119 cm³/mol. The van der Waals surface area contributed by atoms with Crippen molar-refractivity contribution in [2.24, 2.45) is 0 Å². The topological polar surface area (TPSA) is 93.0 Å². The van der Waals surface area contributed by atoms with Gasteiger partial charge in [-0.1, -0.05) is 13.0 Å². The maximum absolute atomic E-state index is 13.5. The molecule has 0 bridgehead atoms. The highest BCUT2D eigenvalue weighted by Crippen LogP contribution is 2.35. The quantitative estimate of drug-likeness (QED) is 0.468. The summed E-state index contributed by atoms with van der Waals surface area (Å²) in [7, 11) is -3.97. The molecule has 1 heterocycles. The van der Waals surface area contributed by atoms with Crippen LogP contribution < -0.4 is 4.74 Å². The molecule has 2 aromatic carbocycles. The molecule has 0 amide bonds. The average Bonchev–Trinajstić information content (AvgIpc) is 2.72. The molecule has 8 nitrogen and oxygen atoms in total. The Morgan fingerprint density at radius 1 is 1.06 bits per heavy atom. The normalized spacial score (nSPS) is 16.8. The van der Waals surface area contributed by atoms with Crippen molar-refractivity contribution in [2.45, 2.75) is 45.1 Å². The van der Waals surface area contributed by atoms with Gasteiger partial charge in [0.05, 0.1) is 4.92 Å². The van der Waals surface area contributed by atoms with E-state index in [4.69, 9.17) is 4.74 Å². The van der Waals surface area contributed by atoms with Crippen molar-refractivity contribution in [3.8, 4) is 11.5 Å². The van der Waals surface area contributed by atoms with E-state index in [1.54, 1.807) is 12.1 Å². The number of non-ortho nitro benzene ring substituents is 1. The van der Waals surface area contributed by atoms with E-state index in [-0.39, 0.29) is 16.3 Å². The van der Waals surface area contributed by atoms with E-state index in [0.717, 1.165) is 23.6 Å². The second-order valence-electron chi connectivity index (χ2n) is 8.01. The Balaban J connectivity index is 1.95. The number of aryl methyl sites for hydroxylation is 2. The third kappa shape index (κ3) is 5.23. The van der Waals surface area contributed by atoms with Crippen molar-refractivity contribution < 1.29 is 18.1 Å². The highest BCUT2D eigenvalue weighted by atomic mass is 32.2. The fourth-order valence-corrected chi connectivity index (χ4v) is 5.35. The molecule has 0 saturated carbocycles. The summed E-state index contributed by atoms with van der Waals surface area (Å²) in [4.78, 5) is 12.8. The minimum absolute atomic E-state index is 0.0833. The van der Waals surface area contributed by atoms with Crippen LogP contribution in [0.4, 0.5) is 5.69 Å². The Hall–Kier alpha value is -2.49. The summed E-state index contributed by atoms with van der Waals surface area (Å²) in [6.45, 7) is 9.98. The molecule has 9 heteroatoms. The lowest BCUT2D eigenvalue weighted by molar-refractivity contribution is -0.385. The minimum Gasteiger partial charge on any atom is -0.456 e. The number of ether oxygens (including phenoxy) is 1. The van der Waals surface area contributed by atoms with Crippen LogP contribution >= 0.6 is 0 Å². The fraction of sp³-hybridized carbons (Fsp3) is 0.455. The zero-order chi connectivity index (χ0) is 22.8. The van der Waals surface area contributed by atoms with E-state index < -0.39 is 14.9 Å². The van der Waals surface area contributed by atoms with Crippen LogP contribution in [0.5, 0.6) is 11.5 Å². The van der Waals surface area contributed by atoms with Crippen molar-refractivity contribution in [1.82, 2.24) is 9.21 Å². The van der Waals surface area contributed by atoms with Gasteiger partial charge in [0.15, 0.2) is 0 Å². The van der Waals surface area contributed by atoms with E-state index in [1.165, 1.54) is 16.4 Å². The molecule has 0 spiro atoms. The van der Waals surface area contributed by atoms with Crippen molar-refractivity contribution in [2.75, 3.05) is 26.2 Å². The maximum Gasteiger partial charge on any atom is 0.271 e. The molecule has 0 radical (unpaired) electrons. The van der Waals surface area contributed by atoms with Gasteiger partial charge in [0.1, 0.15) is 16.4 Å². The summed E-state index contributed by atoms with van der Waals surface area (Å²) in [6, 6.07) is 9.68. The van der Waals surface area contributed by atoms with Crippen LogP contribution in [0.25, 0.3) is 0 Å². The first kappa shape index (κ1) is 23.2. The van der Waals surface area contributed by atoms with Crippen LogP contribution in [0.3, 0.4) is 0 Å². The first-order chi connectivity index (χ1) is 14.6. The lowest BCUT2D eigenvalue weighted by Crippen LogP contribution is -2.51. The summed E-state index contributed by atoms with van der Waals surface area (Å²) in [5.41, 5.74) is 1.66. The van der Waals surface area contributed by atoms with Gasteiger partial charge in [0, 0.05) is 44.4 Å². The van der Waals surface area contributed by atoms with Crippen LogP contribution in [0.2, 0.25) is 0 Å². The predicted octanol–water partition coefficient (Wildman–Crippen LogP) is 4.11. The SMILES string of the molecule is CCC(C)N1CCN(S(=O)(=O)c2cc([N+](=O)[O-])ccc2Oc2cc(C)cc(C)c2)CC1. The van der Waals surface area contributed by atoms with Crippen LogP contribution in [0, 0.1) is 24.0 Å². The maximum atomic E-state index is 13.5. The van der Waals surface area contributed by atoms with Gasteiger partial charge >= 0.3 is 0 Å². The molecule has 0 aromatic heterocycles. The van der Waals surface area contributed by atoms with Gasteiger partial charge < -0.3 is 4.74 Å². The Morgan fingerprint density at radius 3 is 2.23 bits per heavy atom. The van der Waals surface area contributed by atoms with Crippen molar-refractivity contribution in [3.63, 3.8) is 0 Å². The van der Waals surface area contributed by atoms with Gasteiger partial charge in [-0.05, 0) is 56.5 Å². The highest BCUT2D eigenvalue weighted by Gasteiger charge is 2.33. The third-order valence-electron chi connectivity index (χ3n) is 5.67. The molecule has 2 aromatic rings. The van der Waals surface area contributed by atoms with Crippen molar-refractivity contribution in [1.29, 1.82) is 0 Å². The number of nitro groups is 1. The zero-order valence-corrected chi connectivity index (χ0v) is 19.2. The van der Waals surface area contributed by atoms with Crippen LogP contribution in [-0.4, -0.2) is 54.8 Å². The second-order valence-corrected chi connectivity index (χ2v) is 9.92. The first-order valence-corrected chi connectivity index (χ1v) is 11.8. The number of benzene rings is 2. The number of piperazine rings is 1. The molecular formula is C22H29N3O5S. The van der Waals surface area contributed by atoms with Crippen LogP contribution in [-0.2, 0) is 10.0 Å². The van der Waals surface area contributed by atoms with Gasteiger partial charge in [0.25, 0.3) is 5.69 Å². The molecule has 3 rings (SSSR count). The smallest absolute Gasteiger partial charge is 0.271 e. The van der Waals surface area contributed by atoms with Crippen LogP contribution in [0.1, 0.15) is 31.4 Å². The summed E-state index contributed by atoms with van der Waals surface area (Å²) in [5.74, 6) is 0.573. The monoisotopic (exact) mass is 447 g/mol. The molecule has 0 N–H and O–H groups in total. The molecule has 1 fully saturated rings. The summed E-state index contributed by atoms with van der Waals surface area (Å²) in [5, 5.41) is 11.3. The molecule has 1 saturated heterocycles. The molecule has 31 heavy (non-hydrogen) atoms. The molecule has 0 aliphatic carbocycles. The Bertz CT molecular complexity index is 1040. The Labute approximate surface area is 183 Å².